The Balaban J connectivity index is 1.40. The highest BCUT2D eigenvalue weighted by molar-refractivity contribution is 5.66. The monoisotopic (exact) mass is 435 g/mol. The summed E-state index contributed by atoms with van der Waals surface area (Å²) in [7, 11) is 0. The van der Waals surface area contributed by atoms with E-state index in [9.17, 15) is 15.1 Å². The average Bonchev–Trinajstić information content (AvgIpc) is 3.13. The molecule has 0 aromatic rings. The van der Waals surface area contributed by atoms with E-state index in [1.807, 2.05) is 13.8 Å². The van der Waals surface area contributed by atoms with Crippen molar-refractivity contribution in [2.24, 2.45) is 34.5 Å². The van der Waals surface area contributed by atoms with E-state index in [0.717, 1.165) is 44.9 Å². The Bertz CT molecular complexity index is 756. The Morgan fingerprint density at radius 2 is 1.71 bits per heavy atom. The number of hydrogen-bond donors (Lipinski definition) is 2. The minimum atomic E-state index is -0.654. The van der Waals surface area contributed by atoms with Crippen LogP contribution in [0.1, 0.15) is 86.0 Å². The molecule has 9 atom stereocenters. The Morgan fingerprint density at radius 1 is 1.00 bits per heavy atom. The van der Waals surface area contributed by atoms with Gasteiger partial charge in [0.05, 0.1) is 18.2 Å². The van der Waals surface area contributed by atoms with Crippen LogP contribution in [0.2, 0.25) is 0 Å². The van der Waals surface area contributed by atoms with E-state index in [4.69, 9.17) is 9.47 Å². The van der Waals surface area contributed by atoms with Crippen LogP contribution in [0, 0.1) is 34.5 Å². The lowest BCUT2D eigenvalue weighted by Gasteiger charge is -2.63. The van der Waals surface area contributed by atoms with Gasteiger partial charge in [-0.2, -0.15) is 5.06 Å². The lowest BCUT2D eigenvalue weighted by Crippen LogP contribution is -2.63. The van der Waals surface area contributed by atoms with E-state index < -0.39 is 11.3 Å². The summed E-state index contributed by atoms with van der Waals surface area (Å²) in [5, 5.41) is 23.9. The number of ether oxygens (including phenoxy) is 2. The highest BCUT2D eigenvalue weighted by Gasteiger charge is 2.66. The van der Waals surface area contributed by atoms with Crippen LogP contribution in [0.4, 0.5) is 0 Å². The Hall–Kier alpha value is -0.690. The molecule has 5 rings (SSSR count). The third kappa shape index (κ3) is 3.00. The van der Waals surface area contributed by atoms with Crippen LogP contribution < -0.4 is 0 Å². The lowest BCUT2D eigenvalue weighted by atomic mass is 9.44. The van der Waals surface area contributed by atoms with Crippen LogP contribution in [-0.4, -0.2) is 51.4 Å². The molecular formula is C25H41NO5. The molecule has 4 saturated carbocycles. The minimum absolute atomic E-state index is 0.0188. The molecule has 0 bridgehead atoms. The van der Waals surface area contributed by atoms with E-state index in [1.165, 1.54) is 12.0 Å². The fourth-order valence-electron chi connectivity index (χ4n) is 8.90. The number of hydroxylamine groups is 2. The molecule has 0 radical (unpaired) electrons. The van der Waals surface area contributed by atoms with Crippen molar-refractivity contribution in [3.05, 3.63) is 0 Å². The zero-order valence-electron chi connectivity index (χ0n) is 19.9. The van der Waals surface area contributed by atoms with Gasteiger partial charge in [-0.25, -0.2) is 0 Å². The normalized spacial score (nSPS) is 53.6. The largest absolute Gasteiger partial charge is 0.462 e. The molecule has 4 aliphatic carbocycles. The van der Waals surface area contributed by atoms with Crippen molar-refractivity contribution >= 4 is 5.97 Å². The van der Waals surface area contributed by atoms with Gasteiger partial charge < -0.3 is 19.8 Å². The number of carbonyl (C=O) groups is 1. The standard InChI is InChI=1S/C25H41NO5/c1-15(27)31-21-7-6-17-16-12-20(28)19-13-25(26(29)22(2,3)14-30-25)11-10-23(19,4)18(16)8-9-24(17,21)5/h16-21,28-29H,6-14H2,1-5H3/t16?,17?,18?,19?,20-,21?,23+,24-,25?/m0/s1. The van der Waals surface area contributed by atoms with Gasteiger partial charge in [-0.15, -0.1) is 0 Å². The second-order valence-corrected chi connectivity index (χ2v) is 12.6. The lowest BCUT2D eigenvalue weighted by molar-refractivity contribution is -0.292. The first-order chi connectivity index (χ1) is 14.4. The number of esters is 1. The number of hydrogen-bond acceptors (Lipinski definition) is 6. The van der Waals surface area contributed by atoms with Crippen molar-refractivity contribution in [1.82, 2.24) is 5.06 Å². The molecule has 176 valence electrons. The first kappa shape index (κ1) is 22.1. The van der Waals surface area contributed by atoms with Gasteiger partial charge in [0.1, 0.15) is 11.8 Å². The zero-order valence-corrected chi connectivity index (χ0v) is 19.9. The van der Waals surface area contributed by atoms with E-state index in [2.05, 4.69) is 13.8 Å². The smallest absolute Gasteiger partial charge is 0.302 e. The van der Waals surface area contributed by atoms with E-state index in [1.54, 1.807) is 0 Å². The summed E-state index contributed by atoms with van der Waals surface area (Å²) in [6.07, 6.45) is 7.22. The first-order valence-electron chi connectivity index (χ1n) is 12.4. The summed E-state index contributed by atoms with van der Waals surface area (Å²) in [6.45, 7) is 10.8. The van der Waals surface area contributed by atoms with Crippen LogP contribution in [0.5, 0.6) is 0 Å². The highest BCUT2D eigenvalue weighted by atomic mass is 16.6. The van der Waals surface area contributed by atoms with Gasteiger partial charge >= 0.3 is 5.97 Å². The molecule has 6 unspecified atom stereocenters. The van der Waals surface area contributed by atoms with Gasteiger partial charge in [0.25, 0.3) is 0 Å². The van der Waals surface area contributed by atoms with Gasteiger partial charge in [-0.05, 0) is 94.3 Å². The van der Waals surface area contributed by atoms with Gasteiger partial charge in [-0.1, -0.05) is 13.8 Å². The molecule has 6 nitrogen and oxygen atoms in total. The average molecular weight is 436 g/mol. The minimum Gasteiger partial charge on any atom is -0.462 e. The molecule has 1 heterocycles. The van der Waals surface area contributed by atoms with Crippen molar-refractivity contribution in [3.63, 3.8) is 0 Å². The molecule has 5 fully saturated rings. The maximum absolute atomic E-state index is 11.7. The predicted octanol–water partition coefficient (Wildman–Crippen LogP) is 4.13. The highest BCUT2D eigenvalue weighted by Crippen LogP contribution is 2.68. The van der Waals surface area contributed by atoms with Crippen molar-refractivity contribution in [3.8, 4) is 0 Å². The number of rotatable bonds is 1. The van der Waals surface area contributed by atoms with E-state index in [-0.39, 0.29) is 34.9 Å². The van der Waals surface area contributed by atoms with Crippen LogP contribution in [0.3, 0.4) is 0 Å². The molecule has 1 saturated heterocycles. The Kier molecular flexibility index (Phi) is 4.93. The van der Waals surface area contributed by atoms with E-state index >= 15 is 0 Å². The number of aliphatic hydroxyl groups is 1. The molecule has 1 spiro atoms. The second kappa shape index (κ2) is 6.91. The van der Waals surface area contributed by atoms with E-state index in [0.29, 0.717) is 30.8 Å². The Morgan fingerprint density at radius 3 is 2.35 bits per heavy atom. The fraction of sp³-hybridized carbons (Fsp3) is 0.960. The number of nitrogens with zero attached hydrogens (tertiary/aromatic N) is 1. The summed E-state index contributed by atoms with van der Waals surface area (Å²) in [4.78, 5) is 11.7. The molecule has 31 heavy (non-hydrogen) atoms. The van der Waals surface area contributed by atoms with Gasteiger partial charge in [-0.3, -0.25) is 4.79 Å². The predicted molar refractivity (Wildman–Crippen MR) is 115 cm³/mol. The number of carbonyl (C=O) groups excluding carboxylic acids is 1. The van der Waals surface area contributed by atoms with Crippen molar-refractivity contribution in [2.75, 3.05) is 6.61 Å². The molecule has 0 aromatic carbocycles. The molecule has 0 aromatic heterocycles. The van der Waals surface area contributed by atoms with Gasteiger partial charge in [0.2, 0.25) is 0 Å². The molecule has 0 amide bonds. The molecule has 1 aliphatic heterocycles. The van der Waals surface area contributed by atoms with Crippen molar-refractivity contribution in [2.45, 2.75) is 109 Å². The maximum atomic E-state index is 11.7. The van der Waals surface area contributed by atoms with Crippen LogP contribution >= 0.6 is 0 Å². The quantitative estimate of drug-likeness (QED) is 0.603. The number of aliphatic hydroxyl groups excluding tert-OH is 1. The maximum Gasteiger partial charge on any atom is 0.302 e. The fourth-order valence-corrected chi connectivity index (χ4v) is 8.90. The SMILES string of the molecule is CC(=O)OC1CCC2C3C[C@H](O)C4CC5(CC[C@]4(C)C3CC[C@]12C)OCC(C)(C)N5O. The number of fused-ring (bicyclic) bond motifs is 5. The summed E-state index contributed by atoms with van der Waals surface area (Å²) >= 11 is 0. The summed E-state index contributed by atoms with van der Waals surface area (Å²) in [5.41, 5.74) is -0.950. The van der Waals surface area contributed by atoms with Crippen LogP contribution in [0.15, 0.2) is 0 Å². The third-order valence-electron chi connectivity index (χ3n) is 10.6. The third-order valence-corrected chi connectivity index (χ3v) is 10.6. The van der Waals surface area contributed by atoms with Crippen LogP contribution in [-0.2, 0) is 14.3 Å². The van der Waals surface area contributed by atoms with Gasteiger partial charge in [0, 0.05) is 12.3 Å². The first-order valence-corrected chi connectivity index (χ1v) is 12.4. The molecule has 6 heteroatoms. The van der Waals surface area contributed by atoms with Crippen LogP contribution in [0.25, 0.3) is 0 Å². The topological polar surface area (TPSA) is 79.2 Å². The Labute approximate surface area is 186 Å². The summed E-state index contributed by atoms with van der Waals surface area (Å²) in [5.74, 6) is 1.54. The van der Waals surface area contributed by atoms with Crippen molar-refractivity contribution < 1.29 is 24.6 Å². The van der Waals surface area contributed by atoms with Crippen molar-refractivity contribution in [1.29, 1.82) is 0 Å². The second-order valence-electron chi connectivity index (χ2n) is 12.6. The van der Waals surface area contributed by atoms with Gasteiger partial charge in [0.15, 0.2) is 0 Å². The molecular weight excluding hydrogens is 394 g/mol. The summed E-state index contributed by atoms with van der Waals surface area (Å²) in [6, 6.07) is 0. The summed E-state index contributed by atoms with van der Waals surface area (Å²) < 4.78 is 12.0. The molecule has 2 N–H and O–H groups in total. The molecule has 5 aliphatic rings. The zero-order chi connectivity index (χ0) is 22.4.